The molecule has 0 saturated heterocycles. The van der Waals surface area contributed by atoms with Crippen molar-refractivity contribution in [3.8, 4) is 78.4 Å². The molecule has 0 spiro atoms. The number of furan rings is 1. The Hall–Kier alpha value is -7.36. The normalized spacial score (nSPS) is 12.8. The van der Waals surface area contributed by atoms with E-state index in [1.807, 2.05) is 18.2 Å². The predicted octanol–water partition coefficient (Wildman–Crippen LogP) is 14.7. The molecule has 0 atom stereocenters. The summed E-state index contributed by atoms with van der Waals surface area (Å²) in [6.07, 6.45) is 0. The van der Waals surface area contributed by atoms with Crippen molar-refractivity contribution in [1.29, 1.82) is 0 Å². The highest BCUT2D eigenvalue weighted by Crippen LogP contribution is 2.52. The first-order valence-electron chi connectivity index (χ1n) is 19.9. The maximum Gasteiger partial charge on any atom is 0.160 e. The molecule has 0 saturated carbocycles. The van der Waals surface area contributed by atoms with Gasteiger partial charge in [0.15, 0.2) is 5.82 Å². The fourth-order valence-corrected chi connectivity index (χ4v) is 9.01. The number of para-hydroxylation sites is 1. The fourth-order valence-electron chi connectivity index (χ4n) is 9.01. The van der Waals surface area contributed by atoms with Gasteiger partial charge >= 0.3 is 0 Å². The van der Waals surface area contributed by atoms with E-state index < -0.39 is 0 Å². The molecule has 274 valence electrons. The molecule has 0 aliphatic heterocycles. The van der Waals surface area contributed by atoms with Gasteiger partial charge in [-0.1, -0.05) is 166 Å². The van der Waals surface area contributed by atoms with Crippen molar-refractivity contribution in [3.63, 3.8) is 0 Å². The molecule has 3 nitrogen and oxygen atoms in total. The average molecular weight is 743 g/mol. The van der Waals surface area contributed by atoms with Crippen LogP contribution in [-0.2, 0) is 5.41 Å². The maximum absolute atomic E-state index is 6.20. The lowest BCUT2D eigenvalue weighted by Crippen LogP contribution is -2.16. The van der Waals surface area contributed by atoms with Crippen LogP contribution in [0.1, 0.15) is 25.0 Å². The largest absolute Gasteiger partial charge is 0.456 e. The summed E-state index contributed by atoms with van der Waals surface area (Å²) in [7, 11) is 0. The molecule has 0 amide bonds. The zero-order valence-electron chi connectivity index (χ0n) is 32.3. The highest BCUT2D eigenvalue weighted by Gasteiger charge is 2.37. The third kappa shape index (κ3) is 5.66. The van der Waals surface area contributed by atoms with Crippen LogP contribution < -0.4 is 0 Å². The number of fused-ring (bicyclic) bond motifs is 6. The van der Waals surface area contributed by atoms with Crippen LogP contribution in [0, 0.1) is 0 Å². The molecule has 3 heteroatoms. The molecule has 2 heterocycles. The Morgan fingerprint density at radius 1 is 0.362 bits per heavy atom. The van der Waals surface area contributed by atoms with E-state index in [0.29, 0.717) is 5.82 Å². The van der Waals surface area contributed by atoms with Gasteiger partial charge in [-0.15, -0.1) is 0 Å². The van der Waals surface area contributed by atoms with Crippen molar-refractivity contribution >= 4 is 21.9 Å². The van der Waals surface area contributed by atoms with E-state index in [2.05, 4.69) is 190 Å². The van der Waals surface area contributed by atoms with Gasteiger partial charge in [0.25, 0.3) is 0 Å². The first kappa shape index (κ1) is 33.9. The van der Waals surface area contributed by atoms with Gasteiger partial charge < -0.3 is 4.42 Å². The quantitative estimate of drug-likeness (QED) is 0.170. The minimum atomic E-state index is -0.103. The summed E-state index contributed by atoms with van der Waals surface area (Å²) in [5, 5.41) is 2.22. The third-order valence-electron chi connectivity index (χ3n) is 11.9. The monoisotopic (exact) mass is 742 g/mol. The lowest BCUT2D eigenvalue weighted by Gasteiger charge is -2.24. The van der Waals surface area contributed by atoms with Crippen LogP contribution in [0.15, 0.2) is 199 Å². The second-order valence-electron chi connectivity index (χ2n) is 15.8. The van der Waals surface area contributed by atoms with Crippen molar-refractivity contribution in [1.82, 2.24) is 9.97 Å². The number of hydrogen-bond acceptors (Lipinski definition) is 3. The predicted molar refractivity (Wildman–Crippen MR) is 239 cm³/mol. The van der Waals surface area contributed by atoms with Crippen LogP contribution in [0.5, 0.6) is 0 Å². The van der Waals surface area contributed by atoms with Gasteiger partial charge in [-0.05, 0) is 98.1 Å². The van der Waals surface area contributed by atoms with Crippen molar-refractivity contribution in [3.05, 3.63) is 205 Å². The Balaban J connectivity index is 1.05. The lowest BCUT2D eigenvalue weighted by molar-refractivity contribution is 0.662. The molecule has 0 radical (unpaired) electrons. The second kappa shape index (κ2) is 13.4. The van der Waals surface area contributed by atoms with Gasteiger partial charge in [-0.25, -0.2) is 9.97 Å². The Morgan fingerprint density at radius 2 is 0.931 bits per heavy atom. The van der Waals surface area contributed by atoms with Gasteiger partial charge in [0.2, 0.25) is 0 Å². The van der Waals surface area contributed by atoms with Crippen LogP contribution in [0.4, 0.5) is 0 Å². The molecule has 1 aliphatic rings. The number of benzene rings is 8. The highest BCUT2D eigenvalue weighted by atomic mass is 16.3. The van der Waals surface area contributed by atoms with Crippen LogP contribution in [0.25, 0.3) is 100 Å². The molecule has 8 aromatic carbocycles. The third-order valence-corrected chi connectivity index (χ3v) is 11.9. The van der Waals surface area contributed by atoms with Crippen molar-refractivity contribution in [2.75, 3.05) is 0 Å². The Labute approximate surface area is 338 Å². The number of nitrogens with zero attached hydrogens (tertiary/aromatic N) is 2. The van der Waals surface area contributed by atoms with Gasteiger partial charge in [0, 0.05) is 32.9 Å². The molecule has 0 unspecified atom stereocenters. The molecular formula is C55H38N2O. The second-order valence-corrected chi connectivity index (χ2v) is 15.8. The molecule has 10 aromatic rings. The maximum atomic E-state index is 6.20. The van der Waals surface area contributed by atoms with Crippen LogP contribution in [-0.4, -0.2) is 9.97 Å². The summed E-state index contributed by atoms with van der Waals surface area (Å²) in [5.41, 5.74) is 18.8. The van der Waals surface area contributed by atoms with Crippen molar-refractivity contribution < 1.29 is 4.42 Å². The van der Waals surface area contributed by atoms with E-state index in [-0.39, 0.29) is 5.41 Å². The molecule has 58 heavy (non-hydrogen) atoms. The van der Waals surface area contributed by atoms with E-state index in [1.165, 1.54) is 33.4 Å². The summed E-state index contributed by atoms with van der Waals surface area (Å²) in [6.45, 7) is 4.69. The summed E-state index contributed by atoms with van der Waals surface area (Å²) < 4.78 is 6.20. The van der Waals surface area contributed by atoms with Gasteiger partial charge in [0.1, 0.15) is 11.2 Å². The van der Waals surface area contributed by atoms with Crippen molar-refractivity contribution in [2.24, 2.45) is 0 Å². The van der Waals surface area contributed by atoms with E-state index in [4.69, 9.17) is 14.4 Å². The van der Waals surface area contributed by atoms with Gasteiger partial charge in [-0.3, -0.25) is 0 Å². The SMILES string of the molecule is CC1(C)c2ccccc2-c2cccc(-c3ccc(-c4nc(-c5ccccc5)cc(-c5cc(-c6ccccc6)cc(-c6ccc7oc8ccccc8c7c6)c5)n4)cc3)c21. The topological polar surface area (TPSA) is 38.9 Å². The molecular weight excluding hydrogens is 705 g/mol. The van der Waals surface area contributed by atoms with E-state index in [0.717, 1.165) is 72.3 Å². The fraction of sp³-hybridized carbons (Fsp3) is 0.0545. The number of hydrogen-bond donors (Lipinski definition) is 0. The van der Waals surface area contributed by atoms with Crippen LogP contribution in [0.2, 0.25) is 0 Å². The van der Waals surface area contributed by atoms with Gasteiger partial charge in [0.05, 0.1) is 11.4 Å². The summed E-state index contributed by atoms with van der Waals surface area (Å²) in [6, 6.07) is 69.0. The molecule has 0 bridgehead atoms. The van der Waals surface area contributed by atoms with Crippen LogP contribution in [0.3, 0.4) is 0 Å². The molecule has 11 rings (SSSR count). The lowest BCUT2D eigenvalue weighted by atomic mass is 9.79. The van der Waals surface area contributed by atoms with E-state index >= 15 is 0 Å². The average Bonchev–Trinajstić information content (AvgIpc) is 3.78. The minimum absolute atomic E-state index is 0.103. The Kier molecular flexibility index (Phi) is 7.84. The molecule has 1 aliphatic carbocycles. The highest BCUT2D eigenvalue weighted by molar-refractivity contribution is 6.06. The summed E-state index contributed by atoms with van der Waals surface area (Å²) in [4.78, 5) is 10.5. The first-order valence-corrected chi connectivity index (χ1v) is 19.9. The summed E-state index contributed by atoms with van der Waals surface area (Å²) >= 11 is 0. The van der Waals surface area contributed by atoms with Gasteiger partial charge in [-0.2, -0.15) is 0 Å². The molecule has 0 N–H and O–H groups in total. The Bertz CT molecular complexity index is 3180. The smallest absolute Gasteiger partial charge is 0.160 e. The standard InChI is InChI=1S/C55H38N2O/c1-55(2)48-22-11-9-18-44(48)46-21-13-20-43(53(46)55)36-24-26-38(27-25-36)54-56-49(37-16-7-4-8-17-37)34-50(57-54)42-31-40(35-14-5-3-6-15-35)30-41(32-42)39-28-29-52-47(33-39)45-19-10-12-23-51(45)58-52/h3-34H,1-2H3. The van der Waals surface area contributed by atoms with Crippen LogP contribution >= 0.6 is 0 Å². The zero-order valence-corrected chi connectivity index (χ0v) is 32.3. The molecule has 0 fully saturated rings. The van der Waals surface area contributed by atoms with Crippen molar-refractivity contribution in [2.45, 2.75) is 19.3 Å². The van der Waals surface area contributed by atoms with E-state index in [9.17, 15) is 0 Å². The first-order chi connectivity index (χ1) is 28.5. The minimum Gasteiger partial charge on any atom is -0.456 e. The Morgan fingerprint density at radius 3 is 1.72 bits per heavy atom. The van der Waals surface area contributed by atoms with E-state index in [1.54, 1.807) is 0 Å². The molecule has 2 aromatic heterocycles. The number of aromatic nitrogens is 2. The summed E-state index contributed by atoms with van der Waals surface area (Å²) in [5.74, 6) is 0.687. The zero-order chi connectivity index (χ0) is 38.8. The number of rotatable bonds is 6.